The minimum absolute atomic E-state index is 0.0330. The van der Waals surface area contributed by atoms with Crippen molar-refractivity contribution in [3.05, 3.63) is 11.6 Å². The quantitative estimate of drug-likeness (QED) is 0.218. The largest absolute Gasteiger partial charge is 0.481 e. The van der Waals surface area contributed by atoms with E-state index in [0.29, 0.717) is 11.8 Å². The van der Waals surface area contributed by atoms with Gasteiger partial charge in [0, 0.05) is 0 Å². The maximum Gasteiger partial charge on any atom is 0.310 e. The molecule has 5 N–H and O–H groups in total. The minimum Gasteiger partial charge on any atom is -0.481 e. The molecule has 8 nitrogen and oxygen atoms in total. The minimum atomic E-state index is -1.45. The summed E-state index contributed by atoms with van der Waals surface area (Å²) in [5, 5.41) is 51.7. The Bertz CT molecular complexity index is 1180. The Morgan fingerprint density at radius 3 is 2.23 bits per heavy atom. The van der Waals surface area contributed by atoms with Gasteiger partial charge in [-0.3, -0.25) is 4.79 Å². The second-order valence-corrected chi connectivity index (χ2v) is 17.9. The van der Waals surface area contributed by atoms with Gasteiger partial charge in [0.2, 0.25) is 0 Å². The second kappa shape index (κ2) is 10.5. The molecule has 44 heavy (non-hydrogen) atoms. The lowest BCUT2D eigenvalue weighted by atomic mass is 9.33. The Balaban J connectivity index is 1.29. The highest BCUT2D eigenvalue weighted by Gasteiger charge is 2.69. The molecule has 13 atom stereocenters. The van der Waals surface area contributed by atoms with Crippen LogP contribution in [0, 0.1) is 50.2 Å². The third-order valence-corrected chi connectivity index (χ3v) is 15.1. The zero-order valence-corrected chi connectivity index (χ0v) is 28.0. The van der Waals surface area contributed by atoms with E-state index in [0.717, 1.165) is 64.2 Å². The van der Waals surface area contributed by atoms with E-state index >= 15 is 0 Å². The molecular weight excluding hydrogens is 560 g/mol. The Morgan fingerprint density at radius 2 is 1.57 bits per heavy atom. The Morgan fingerprint density at radius 1 is 0.886 bits per heavy atom. The first kappa shape index (κ1) is 32.9. The molecule has 1 aliphatic heterocycles. The van der Waals surface area contributed by atoms with Crippen molar-refractivity contribution in [1.29, 1.82) is 0 Å². The fraction of sp³-hybridized carbons (Fsp3) is 0.917. The molecular formula is C36H58O8. The summed E-state index contributed by atoms with van der Waals surface area (Å²) in [4.78, 5) is 12.9. The Kier molecular flexibility index (Phi) is 7.84. The van der Waals surface area contributed by atoms with Gasteiger partial charge in [-0.05, 0) is 109 Å². The average molecular weight is 619 g/mol. The van der Waals surface area contributed by atoms with Crippen LogP contribution in [0.5, 0.6) is 0 Å². The molecule has 0 radical (unpaired) electrons. The van der Waals surface area contributed by atoms with Gasteiger partial charge < -0.3 is 35.0 Å². The average Bonchev–Trinajstić information content (AvgIpc) is 2.94. The summed E-state index contributed by atoms with van der Waals surface area (Å²) in [6.45, 7) is 16.2. The summed E-state index contributed by atoms with van der Waals surface area (Å²) in [5.41, 5.74) is 0.809. The summed E-state index contributed by atoms with van der Waals surface area (Å²) in [5.74, 6) is 0.336. The van der Waals surface area contributed by atoms with Gasteiger partial charge in [0.1, 0.15) is 24.4 Å². The molecule has 0 amide bonds. The summed E-state index contributed by atoms with van der Waals surface area (Å²) in [6, 6.07) is 0. The first-order valence-electron chi connectivity index (χ1n) is 17.3. The molecule has 0 aromatic carbocycles. The van der Waals surface area contributed by atoms with Gasteiger partial charge in [0.15, 0.2) is 6.29 Å². The van der Waals surface area contributed by atoms with Crippen LogP contribution in [0.3, 0.4) is 0 Å². The van der Waals surface area contributed by atoms with Crippen LogP contribution < -0.4 is 0 Å². The molecule has 250 valence electrons. The van der Waals surface area contributed by atoms with Crippen molar-refractivity contribution in [1.82, 2.24) is 0 Å². The van der Waals surface area contributed by atoms with E-state index < -0.39 is 48.7 Å². The van der Waals surface area contributed by atoms with E-state index in [9.17, 15) is 30.3 Å². The number of aliphatic hydroxyl groups excluding tert-OH is 4. The number of hydrogen-bond donors (Lipinski definition) is 5. The normalized spacial score (nSPS) is 52.9. The number of carboxylic acid groups (broad SMARTS) is 1. The molecule has 8 heteroatoms. The Labute approximate surface area is 263 Å². The highest BCUT2D eigenvalue weighted by atomic mass is 16.7. The van der Waals surface area contributed by atoms with E-state index in [-0.39, 0.29) is 39.1 Å². The lowest BCUT2D eigenvalue weighted by Gasteiger charge is -2.71. The zero-order valence-electron chi connectivity index (χ0n) is 28.0. The summed E-state index contributed by atoms with van der Waals surface area (Å²) in [6.07, 6.45) is 5.19. The molecule has 1 saturated heterocycles. The summed E-state index contributed by atoms with van der Waals surface area (Å²) < 4.78 is 12.2. The Hall–Kier alpha value is -1.03. The van der Waals surface area contributed by atoms with Crippen LogP contribution in [-0.4, -0.2) is 74.9 Å². The first-order chi connectivity index (χ1) is 20.4. The number of ether oxygens (including phenoxy) is 2. The molecule has 6 aliphatic rings. The van der Waals surface area contributed by atoms with Gasteiger partial charge in [-0.15, -0.1) is 0 Å². The second-order valence-electron chi connectivity index (χ2n) is 17.9. The number of aliphatic hydroxyl groups is 4. The van der Waals surface area contributed by atoms with Gasteiger partial charge in [-0.25, -0.2) is 0 Å². The molecule has 0 aromatic heterocycles. The van der Waals surface area contributed by atoms with Crippen molar-refractivity contribution in [2.45, 2.75) is 149 Å². The SMILES string of the molecule is CC1(C)CC[C@]2(C(=O)O)CC[C@]3(C)C(=CC[C@@H]4[C@@]5(C)CC[C@H](OC6OC(CO)C(O)C(O)C6O)C(C)(C)[C@@H]5CC[C@]43C)[C@@H]2C1. The molecule has 6 rings (SSSR count). The maximum absolute atomic E-state index is 12.9. The molecule has 5 aliphatic carbocycles. The molecule has 5 unspecified atom stereocenters. The van der Waals surface area contributed by atoms with Crippen molar-refractivity contribution in [3.63, 3.8) is 0 Å². The van der Waals surface area contributed by atoms with E-state index in [1.807, 2.05) is 0 Å². The number of hydrogen-bond acceptors (Lipinski definition) is 7. The monoisotopic (exact) mass is 618 g/mol. The molecule has 0 aromatic rings. The number of fused-ring (bicyclic) bond motifs is 7. The van der Waals surface area contributed by atoms with E-state index in [4.69, 9.17) is 9.47 Å². The van der Waals surface area contributed by atoms with Crippen LogP contribution in [0.25, 0.3) is 0 Å². The maximum atomic E-state index is 12.9. The van der Waals surface area contributed by atoms with E-state index in [1.54, 1.807) is 0 Å². The third kappa shape index (κ3) is 4.40. The number of allylic oxidation sites excluding steroid dienone is 2. The zero-order chi connectivity index (χ0) is 32.3. The smallest absolute Gasteiger partial charge is 0.310 e. The van der Waals surface area contributed by atoms with Crippen molar-refractivity contribution >= 4 is 5.97 Å². The fourth-order valence-electron chi connectivity index (χ4n) is 12.2. The van der Waals surface area contributed by atoms with Gasteiger partial charge in [0.25, 0.3) is 0 Å². The highest BCUT2D eigenvalue weighted by molar-refractivity contribution is 5.76. The van der Waals surface area contributed by atoms with Crippen molar-refractivity contribution in [3.8, 4) is 0 Å². The van der Waals surface area contributed by atoms with Crippen molar-refractivity contribution in [2.75, 3.05) is 6.61 Å². The molecule has 4 saturated carbocycles. The first-order valence-corrected chi connectivity index (χ1v) is 17.3. The third-order valence-electron chi connectivity index (χ3n) is 15.1. The van der Waals surface area contributed by atoms with Crippen molar-refractivity contribution in [2.24, 2.45) is 50.2 Å². The van der Waals surface area contributed by atoms with E-state index in [1.165, 1.54) is 5.57 Å². The van der Waals surface area contributed by atoms with Crippen LogP contribution in [0.15, 0.2) is 11.6 Å². The molecule has 5 fully saturated rings. The van der Waals surface area contributed by atoms with Gasteiger partial charge >= 0.3 is 5.97 Å². The number of carboxylic acids is 1. The molecule has 1 heterocycles. The van der Waals surface area contributed by atoms with Crippen LogP contribution in [0.1, 0.15) is 113 Å². The lowest BCUT2D eigenvalue weighted by molar-refractivity contribution is -0.330. The fourth-order valence-corrected chi connectivity index (χ4v) is 12.2. The highest BCUT2D eigenvalue weighted by Crippen LogP contribution is 2.76. The van der Waals surface area contributed by atoms with Crippen LogP contribution in [0.4, 0.5) is 0 Å². The standard InChI is InChI=1S/C36H58O8/c1-31(2)14-16-36(30(41)42)17-15-34(6)20(21(36)18-31)8-9-24-33(5)12-11-25(32(3,4)23(33)10-13-35(24,34)7)44-29-28(40)27(39)26(38)22(19-37)43-29/h8,21-29,37-40H,9-19H2,1-7H3,(H,41,42)/t21-,22?,23-,24+,25-,26?,27?,28?,29?,33-,34+,35+,36-/m0/s1. The predicted octanol–water partition coefficient (Wildman–Crippen LogP) is 5.06. The predicted molar refractivity (Wildman–Crippen MR) is 165 cm³/mol. The summed E-state index contributed by atoms with van der Waals surface area (Å²) >= 11 is 0. The number of aliphatic carboxylic acids is 1. The topological polar surface area (TPSA) is 137 Å². The number of rotatable bonds is 4. The van der Waals surface area contributed by atoms with Gasteiger partial charge in [0.05, 0.1) is 18.1 Å². The van der Waals surface area contributed by atoms with Crippen molar-refractivity contribution < 1.29 is 39.8 Å². The van der Waals surface area contributed by atoms with Crippen LogP contribution in [0.2, 0.25) is 0 Å². The van der Waals surface area contributed by atoms with E-state index in [2.05, 4.69) is 54.5 Å². The van der Waals surface area contributed by atoms with Gasteiger partial charge in [-0.2, -0.15) is 0 Å². The lowest BCUT2D eigenvalue weighted by Crippen LogP contribution is -2.66. The summed E-state index contributed by atoms with van der Waals surface area (Å²) in [7, 11) is 0. The van der Waals surface area contributed by atoms with Gasteiger partial charge in [-0.1, -0.05) is 60.1 Å². The van der Waals surface area contributed by atoms with Crippen LogP contribution >= 0.6 is 0 Å². The van der Waals surface area contributed by atoms with Crippen LogP contribution in [-0.2, 0) is 14.3 Å². The molecule has 0 bridgehead atoms. The molecule has 0 spiro atoms. The number of carbonyl (C=O) groups is 1.